The molecule has 1 aliphatic heterocycles. The number of carbonyl (C=O) groups is 2. The van der Waals surface area contributed by atoms with Gasteiger partial charge in [-0.2, -0.15) is 0 Å². The van der Waals surface area contributed by atoms with Crippen LogP contribution < -0.4 is 0 Å². The molecule has 0 unspecified atom stereocenters. The largest absolute Gasteiger partial charge is 0.465 e. The standard InChI is InChI=1S/C15H16N2O5/c18-14(12-3-1-2-4-13(12)17(21)22)6-5-11-7-9-16(10-8-11)15(19)20/h1-6,11H,7-10H2,(H,19,20). The molecule has 0 radical (unpaired) electrons. The van der Waals surface area contributed by atoms with Crippen LogP contribution in [0.15, 0.2) is 36.4 Å². The molecule has 0 bridgehead atoms. The van der Waals surface area contributed by atoms with Crippen molar-refractivity contribution in [2.75, 3.05) is 13.1 Å². The lowest BCUT2D eigenvalue weighted by Gasteiger charge is -2.28. The predicted molar refractivity (Wildman–Crippen MR) is 78.9 cm³/mol. The first-order chi connectivity index (χ1) is 10.5. The van der Waals surface area contributed by atoms with Crippen molar-refractivity contribution in [2.45, 2.75) is 12.8 Å². The fraction of sp³-hybridized carbons (Fsp3) is 0.333. The van der Waals surface area contributed by atoms with Crippen molar-refractivity contribution in [1.29, 1.82) is 0 Å². The van der Waals surface area contributed by atoms with Crippen molar-refractivity contribution in [1.82, 2.24) is 4.90 Å². The summed E-state index contributed by atoms with van der Waals surface area (Å²) in [5.41, 5.74) is -0.149. The molecule has 2 rings (SSSR count). The Morgan fingerprint density at radius 3 is 2.50 bits per heavy atom. The van der Waals surface area contributed by atoms with Gasteiger partial charge in [-0.25, -0.2) is 4.79 Å². The zero-order valence-corrected chi connectivity index (χ0v) is 11.8. The van der Waals surface area contributed by atoms with Crippen molar-refractivity contribution >= 4 is 17.6 Å². The maximum absolute atomic E-state index is 12.1. The van der Waals surface area contributed by atoms with Gasteiger partial charge in [-0.1, -0.05) is 18.2 Å². The molecule has 0 atom stereocenters. The lowest BCUT2D eigenvalue weighted by Crippen LogP contribution is -2.37. The third-order valence-corrected chi connectivity index (χ3v) is 3.70. The first-order valence-corrected chi connectivity index (χ1v) is 6.93. The third-order valence-electron chi connectivity index (χ3n) is 3.70. The van der Waals surface area contributed by atoms with Crippen LogP contribution in [0.5, 0.6) is 0 Å². The van der Waals surface area contributed by atoms with Crippen LogP contribution in [0.2, 0.25) is 0 Å². The van der Waals surface area contributed by atoms with Crippen LogP contribution in [0.1, 0.15) is 23.2 Å². The highest BCUT2D eigenvalue weighted by atomic mass is 16.6. The summed E-state index contributed by atoms with van der Waals surface area (Å²) in [5, 5.41) is 19.8. The Labute approximate surface area is 127 Å². The van der Waals surface area contributed by atoms with E-state index in [1.807, 2.05) is 0 Å². The second-order valence-electron chi connectivity index (χ2n) is 5.10. The minimum atomic E-state index is -0.932. The summed E-state index contributed by atoms with van der Waals surface area (Å²) in [7, 11) is 0. The number of nitro groups is 1. The van der Waals surface area contributed by atoms with Gasteiger partial charge in [-0.15, -0.1) is 0 Å². The number of nitrogens with zero attached hydrogens (tertiary/aromatic N) is 2. The van der Waals surface area contributed by atoms with Gasteiger partial charge in [0.05, 0.1) is 10.5 Å². The number of piperidine rings is 1. The highest BCUT2D eigenvalue weighted by Gasteiger charge is 2.21. The van der Waals surface area contributed by atoms with Crippen LogP contribution in [-0.4, -0.2) is 39.9 Å². The lowest BCUT2D eigenvalue weighted by atomic mass is 9.95. The Hall–Kier alpha value is -2.70. The highest BCUT2D eigenvalue weighted by Crippen LogP contribution is 2.21. The SMILES string of the molecule is O=C(C=CC1CCN(C(=O)O)CC1)c1ccccc1[N+](=O)[O-]. The molecule has 1 amide bonds. The van der Waals surface area contributed by atoms with Gasteiger partial charge in [0.1, 0.15) is 0 Å². The van der Waals surface area contributed by atoms with Crippen LogP contribution in [0.3, 0.4) is 0 Å². The lowest BCUT2D eigenvalue weighted by molar-refractivity contribution is -0.385. The molecule has 7 nitrogen and oxygen atoms in total. The first-order valence-electron chi connectivity index (χ1n) is 6.93. The summed E-state index contributed by atoms with van der Waals surface area (Å²) in [6, 6.07) is 5.82. The van der Waals surface area contributed by atoms with E-state index < -0.39 is 16.8 Å². The van der Waals surface area contributed by atoms with Gasteiger partial charge in [0.25, 0.3) is 5.69 Å². The number of hydrogen-bond acceptors (Lipinski definition) is 4. The smallest absolute Gasteiger partial charge is 0.407 e. The molecule has 116 valence electrons. The summed E-state index contributed by atoms with van der Waals surface area (Å²) < 4.78 is 0. The van der Waals surface area contributed by atoms with Gasteiger partial charge >= 0.3 is 6.09 Å². The van der Waals surface area contributed by atoms with E-state index in [0.717, 1.165) is 0 Å². The molecule has 1 aromatic rings. The van der Waals surface area contributed by atoms with Crippen LogP contribution in [-0.2, 0) is 0 Å². The molecular formula is C15H16N2O5. The second-order valence-corrected chi connectivity index (χ2v) is 5.10. The summed E-state index contributed by atoms with van der Waals surface area (Å²) in [5.74, 6) is -0.296. The summed E-state index contributed by atoms with van der Waals surface area (Å²) >= 11 is 0. The van der Waals surface area contributed by atoms with E-state index in [0.29, 0.717) is 25.9 Å². The third kappa shape index (κ3) is 3.69. The molecule has 1 fully saturated rings. The van der Waals surface area contributed by atoms with Crippen molar-refractivity contribution in [2.24, 2.45) is 5.92 Å². The Balaban J connectivity index is 2.01. The number of carbonyl (C=O) groups excluding carboxylic acids is 1. The van der Waals surface area contributed by atoms with Gasteiger partial charge in [-0.05, 0) is 30.9 Å². The van der Waals surface area contributed by atoms with Crippen molar-refractivity contribution in [3.05, 3.63) is 52.1 Å². The van der Waals surface area contributed by atoms with E-state index in [4.69, 9.17) is 5.11 Å². The Kier molecular flexibility index (Phi) is 4.88. The number of carboxylic acid groups (broad SMARTS) is 1. The number of benzene rings is 1. The number of rotatable bonds is 4. The molecule has 1 N–H and O–H groups in total. The average molecular weight is 304 g/mol. The minimum Gasteiger partial charge on any atom is -0.465 e. The van der Waals surface area contributed by atoms with Gasteiger partial charge < -0.3 is 10.0 Å². The maximum atomic E-state index is 12.1. The fourth-order valence-corrected chi connectivity index (χ4v) is 2.44. The quantitative estimate of drug-likeness (QED) is 0.399. The molecule has 1 saturated heterocycles. The number of allylic oxidation sites excluding steroid dienone is 2. The minimum absolute atomic E-state index is 0.0618. The van der Waals surface area contributed by atoms with Gasteiger partial charge in [0.2, 0.25) is 0 Å². The summed E-state index contributed by atoms with van der Waals surface area (Å²) in [4.78, 5) is 34.6. The highest BCUT2D eigenvalue weighted by molar-refractivity contribution is 6.07. The van der Waals surface area contributed by atoms with Crippen LogP contribution in [0.4, 0.5) is 10.5 Å². The predicted octanol–water partition coefficient (Wildman–Crippen LogP) is 2.72. The number of amides is 1. The van der Waals surface area contributed by atoms with E-state index >= 15 is 0 Å². The normalized spacial score (nSPS) is 15.9. The molecule has 0 spiro atoms. The summed E-state index contributed by atoms with van der Waals surface area (Å²) in [6.07, 6.45) is 3.43. The van der Waals surface area contributed by atoms with Gasteiger partial charge in [-0.3, -0.25) is 14.9 Å². The number of hydrogen-bond donors (Lipinski definition) is 1. The molecule has 0 saturated carbocycles. The van der Waals surface area contributed by atoms with Crippen molar-refractivity contribution < 1.29 is 19.6 Å². The van der Waals surface area contributed by atoms with Crippen LogP contribution >= 0.6 is 0 Å². The van der Waals surface area contributed by atoms with Crippen molar-refractivity contribution in [3.63, 3.8) is 0 Å². The zero-order valence-electron chi connectivity index (χ0n) is 11.8. The average Bonchev–Trinajstić information content (AvgIpc) is 2.53. The molecule has 1 heterocycles. The Morgan fingerprint density at radius 2 is 1.91 bits per heavy atom. The van der Waals surface area contributed by atoms with Crippen LogP contribution in [0.25, 0.3) is 0 Å². The molecule has 0 aromatic heterocycles. The summed E-state index contributed by atoms with van der Waals surface area (Å²) in [6.45, 7) is 0.869. The number of ketones is 1. The maximum Gasteiger partial charge on any atom is 0.407 e. The molecule has 1 aliphatic rings. The zero-order chi connectivity index (χ0) is 16.1. The Bertz CT molecular complexity index is 618. The monoisotopic (exact) mass is 304 g/mol. The topological polar surface area (TPSA) is 101 Å². The number of nitro benzene ring substituents is 1. The fourth-order valence-electron chi connectivity index (χ4n) is 2.44. The van der Waals surface area contributed by atoms with Crippen molar-refractivity contribution in [3.8, 4) is 0 Å². The van der Waals surface area contributed by atoms with Gasteiger partial charge in [0.15, 0.2) is 5.78 Å². The van der Waals surface area contributed by atoms with E-state index in [9.17, 15) is 19.7 Å². The number of para-hydroxylation sites is 1. The van der Waals surface area contributed by atoms with E-state index in [2.05, 4.69) is 0 Å². The van der Waals surface area contributed by atoms with E-state index in [-0.39, 0.29) is 17.2 Å². The Morgan fingerprint density at radius 1 is 1.27 bits per heavy atom. The van der Waals surface area contributed by atoms with E-state index in [1.165, 1.54) is 29.2 Å². The molecule has 7 heteroatoms. The number of likely N-dealkylation sites (tertiary alicyclic amines) is 1. The van der Waals surface area contributed by atoms with Gasteiger partial charge in [0, 0.05) is 19.2 Å². The molecule has 22 heavy (non-hydrogen) atoms. The molecular weight excluding hydrogens is 288 g/mol. The van der Waals surface area contributed by atoms with Crippen LogP contribution in [0, 0.1) is 16.0 Å². The molecule has 0 aliphatic carbocycles. The second kappa shape index (κ2) is 6.84. The first kappa shape index (κ1) is 15.7. The van der Waals surface area contributed by atoms with E-state index in [1.54, 1.807) is 12.1 Å². The molecule has 1 aromatic carbocycles.